The molecule has 0 N–H and O–H groups in total. The van der Waals surface area contributed by atoms with E-state index < -0.39 is 0 Å². The molecule has 0 spiro atoms. The van der Waals surface area contributed by atoms with E-state index >= 15 is 0 Å². The smallest absolute Gasteiger partial charge is 0.116 e. The quantitative estimate of drug-likeness (QED) is 0.810. The molecule has 2 aromatic heterocycles. The van der Waals surface area contributed by atoms with Gasteiger partial charge in [-0.25, -0.2) is 4.98 Å². The molecule has 0 saturated carbocycles. The van der Waals surface area contributed by atoms with E-state index in [0.29, 0.717) is 16.3 Å². The van der Waals surface area contributed by atoms with Crippen molar-refractivity contribution in [2.24, 2.45) is 0 Å². The highest BCUT2D eigenvalue weighted by Crippen LogP contribution is 2.38. The molecule has 0 bridgehead atoms. The summed E-state index contributed by atoms with van der Waals surface area (Å²) in [6, 6.07) is 8.49. The van der Waals surface area contributed by atoms with Gasteiger partial charge in [-0.15, -0.1) is 11.3 Å². The number of fused-ring (bicyclic) bond motifs is 1. The summed E-state index contributed by atoms with van der Waals surface area (Å²) in [5.74, 6) is 0.310. The molecular formula is C16H14N4S2. The Kier molecular flexibility index (Phi) is 4.44. The first-order chi connectivity index (χ1) is 10.7. The molecule has 4 nitrogen and oxygen atoms in total. The van der Waals surface area contributed by atoms with E-state index in [2.05, 4.69) is 30.2 Å². The minimum atomic E-state index is 0.310. The van der Waals surface area contributed by atoms with Crippen LogP contribution in [0.1, 0.15) is 16.8 Å². The maximum Gasteiger partial charge on any atom is 0.116 e. The van der Waals surface area contributed by atoms with Gasteiger partial charge in [0, 0.05) is 35.6 Å². The predicted octanol–water partition coefficient (Wildman–Crippen LogP) is 3.29. The highest BCUT2D eigenvalue weighted by molar-refractivity contribution is 7.99. The molecule has 0 fully saturated rings. The lowest BCUT2D eigenvalue weighted by molar-refractivity contribution is 0.310. The van der Waals surface area contributed by atoms with Crippen LogP contribution in [0.5, 0.6) is 0 Å². The van der Waals surface area contributed by atoms with Crippen LogP contribution in [0.15, 0.2) is 22.5 Å². The monoisotopic (exact) mass is 326 g/mol. The third-order valence-electron chi connectivity index (χ3n) is 3.66. The summed E-state index contributed by atoms with van der Waals surface area (Å²) in [7, 11) is 2.09. The third kappa shape index (κ3) is 2.74. The summed E-state index contributed by atoms with van der Waals surface area (Å²) in [5.41, 5.74) is 3.85. The lowest BCUT2D eigenvalue weighted by Gasteiger charge is -2.27. The molecule has 0 atom stereocenters. The molecule has 0 unspecified atom stereocenters. The van der Waals surface area contributed by atoms with Gasteiger partial charge in [0.25, 0.3) is 0 Å². The fraction of sp³-hybridized carbons (Fsp3) is 0.312. The van der Waals surface area contributed by atoms with E-state index in [1.165, 1.54) is 11.8 Å². The van der Waals surface area contributed by atoms with Crippen LogP contribution < -0.4 is 0 Å². The van der Waals surface area contributed by atoms with Gasteiger partial charge < -0.3 is 4.90 Å². The number of aromatic nitrogens is 1. The van der Waals surface area contributed by atoms with Crippen molar-refractivity contribution in [3.05, 3.63) is 34.3 Å². The number of thioether (sulfide) groups is 1. The van der Waals surface area contributed by atoms with E-state index in [1.807, 2.05) is 11.4 Å². The number of rotatable bonds is 3. The highest BCUT2D eigenvalue weighted by Gasteiger charge is 2.25. The van der Waals surface area contributed by atoms with Crippen molar-refractivity contribution in [1.29, 1.82) is 10.5 Å². The van der Waals surface area contributed by atoms with E-state index in [0.717, 1.165) is 41.2 Å². The molecule has 0 radical (unpaired) electrons. The molecule has 3 heterocycles. The van der Waals surface area contributed by atoms with Crippen LogP contribution >= 0.6 is 23.1 Å². The van der Waals surface area contributed by atoms with Crippen LogP contribution in [0.4, 0.5) is 0 Å². The highest BCUT2D eigenvalue weighted by atomic mass is 32.2. The van der Waals surface area contributed by atoms with E-state index in [-0.39, 0.29) is 0 Å². The maximum atomic E-state index is 9.67. The molecule has 0 amide bonds. The lowest BCUT2D eigenvalue weighted by Crippen LogP contribution is -2.28. The number of pyridine rings is 1. The molecule has 110 valence electrons. The predicted molar refractivity (Wildman–Crippen MR) is 88.6 cm³/mol. The molecule has 0 aromatic carbocycles. The second-order valence-corrected chi connectivity index (χ2v) is 7.03. The number of thiophene rings is 1. The second-order valence-electron chi connectivity index (χ2n) is 5.12. The van der Waals surface area contributed by atoms with Crippen molar-refractivity contribution in [3.8, 4) is 22.6 Å². The molecule has 1 aliphatic heterocycles. The van der Waals surface area contributed by atoms with Crippen LogP contribution in [0.25, 0.3) is 10.4 Å². The zero-order valence-electron chi connectivity index (χ0n) is 12.2. The van der Waals surface area contributed by atoms with Crippen molar-refractivity contribution in [2.45, 2.75) is 18.0 Å². The van der Waals surface area contributed by atoms with Gasteiger partial charge >= 0.3 is 0 Å². The van der Waals surface area contributed by atoms with E-state index in [4.69, 9.17) is 10.2 Å². The molecule has 2 aromatic rings. The fourth-order valence-corrected chi connectivity index (χ4v) is 4.14. The Balaban J connectivity index is 2.23. The first-order valence-electron chi connectivity index (χ1n) is 6.92. The Morgan fingerprint density at radius 3 is 3.00 bits per heavy atom. The standard InChI is InChI=1S/C16H14N4S2/c1-20-6-4-13-12(10-20)15(14-3-2-7-21-14)11(9-18)16(19-13)22-8-5-17/h2-3,7H,4,6,8,10H2,1H3. The van der Waals surface area contributed by atoms with Crippen molar-refractivity contribution in [3.63, 3.8) is 0 Å². The van der Waals surface area contributed by atoms with Gasteiger partial charge in [0.15, 0.2) is 0 Å². The van der Waals surface area contributed by atoms with Crippen LogP contribution in [0.3, 0.4) is 0 Å². The molecule has 1 aliphatic rings. The largest absolute Gasteiger partial charge is 0.302 e. The first kappa shape index (κ1) is 15.1. The molecule has 0 aliphatic carbocycles. The Morgan fingerprint density at radius 2 is 2.32 bits per heavy atom. The van der Waals surface area contributed by atoms with Gasteiger partial charge in [-0.3, -0.25) is 0 Å². The third-order valence-corrected chi connectivity index (χ3v) is 5.39. The zero-order valence-corrected chi connectivity index (χ0v) is 13.8. The molecule has 0 saturated heterocycles. The number of hydrogen-bond donors (Lipinski definition) is 0. The summed E-state index contributed by atoms with van der Waals surface area (Å²) >= 11 is 2.99. The van der Waals surface area contributed by atoms with Gasteiger partial charge in [-0.2, -0.15) is 10.5 Å². The Labute approximate surface area is 138 Å². The summed E-state index contributed by atoms with van der Waals surface area (Å²) in [4.78, 5) is 8.05. The zero-order chi connectivity index (χ0) is 15.5. The summed E-state index contributed by atoms with van der Waals surface area (Å²) in [6.45, 7) is 1.78. The fourth-order valence-electron chi connectivity index (χ4n) is 2.67. The molecule has 22 heavy (non-hydrogen) atoms. The second kappa shape index (κ2) is 6.50. The molecule has 6 heteroatoms. The Bertz CT molecular complexity index is 769. The summed E-state index contributed by atoms with van der Waals surface area (Å²) in [6.07, 6.45) is 0.885. The van der Waals surface area contributed by atoms with E-state index in [1.54, 1.807) is 11.3 Å². The normalized spacial score (nSPS) is 14.1. The van der Waals surface area contributed by atoms with Crippen LogP contribution in [0, 0.1) is 22.7 Å². The maximum absolute atomic E-state index is 9.67. The van der Waals surface area contributed by atoms with Crippen molar-refractivity contribution in [1.82, 2.24) is 9.88 Å². The Hall–Kier alpha value is -1.86. The average Bonchev–Trinajstić information content (AvgIpc) is 3.05. The van der Waals surface area contributed by atoms with Crippen LogP contribution in [0.2, 0.25) is 0 Å². The first-order valence-corrected chi connectivity index (χ1v) is 8.79. The van der Waals surface area contributed by atoms with Gasteiger partial charge in [-0.1, -0.05) is 17.8 Å². The van der Waals surface area contributed by atoms with Gasteiger partial charge in [-0.05, 0) is 24.1 Å². The Morgan fingerprint density at radius 1 is 1.45 bits per heavy atom. The molecular weight excluding hydrogens is 312 g/mol. The van der Waals surface area contributed by atoms with Crippen LogP contribution in [-0.2, 0) is 13.0 Å². The van der Waals surface area contributed by atoms with Crippen molar-refractivity contribution < 1.29 is 0 Å². The van der Waals surface area contributed by atoms with Crippen LogP contribution in [-0.4, -0.2) is 29.2 Å². The van der Waals surface area contributed by atoms with Crippen molar-refractivity contribution in [2.75, 3.05) is 19.3 Å². The topological polar surface area (TPSA) is 63.7 Å². The lowest BCUT2D eigenvalue weighted by atomic mass is 9.96. The number of nitrogens with zero attached hydrogens (tertiary/aromatic N) is 4. The minimum absolute atomic E-state index is 0.310. The average molecular weight is 326 g/mol. The molecule has 3 rings (SSSR count). The summed E-state index contributed by atoms with van der Waals surface area (Å²) < 4.78 is 0. The van der Waals surface area contributed by atoms with E-state index in [9.17, 15) is 5.26 Å². The number of nitriles is 2. The SMILES string of the molecule is CN1CCc2nc(SCC#N)c(C#N)c(-c3cccs3)c2C1. The van der Waals surface area contributed by atoms with Gasteiger partial charge in [0.1, 0.15) is 11.1 Å². The minimum Gasteiger partial charge on any atom is -0.302 e. The summed E-state index contributed by atoms with van der Waals surface area (Å²) in [5, 5.41) is 21.2. The number of likely N-dealkylation sites (N-methyl/N-ethyl adjacent to an activating group) is 1. The van der Waals surface area contributed by atoms with Gasteiger partial charge in [0.05, 0.1) is 17.4 Å². The van der Waals surface area contributed by atoms with Gasteiger partial charge in [0.2, 0.25) is 0 Å². The van der Waals surface area contributed by atoms with Crippen molar-refractivity contribution >= 4 is 23.1 Å². The number of hydrogen-bond acceptors (Lipinski definition) is 6.